The highest BCUT2D eigenvalue weighted by Crippen LogP contribution is 2.26. The maximum Gasteiger partial charge on any atom is 0.306 e. The number of rotatable bonds is 6. The quantitative estimate of drug-likeness (QED) is 0.713. The van der Waals surface area contributed by atoms with Crippen LogP contribution in [-0.4, -0.2) is 23.8 Å². The third-order valence-electron chi connectivity index (χ3n) is 2.61. The first-order valence-electron chi connectivity index (χ1n) is 6.00. The molecule has 0 aromatic heterocycles. The Labute approximate surface area is 99.2 Å². The molecular weight excluding hydrogens is 204 g/mol. The van der Waals surface area contributed by atoms with E-state index in [0.29, 0.717) is 12.3 Å². The fourth-order valence-corrected chi connectivity index (χ4v) is 1.65. The van der Waals surface area contributed by atoms with Gasteiger partial charge in [-0.15, -0.1) is 0 Å². The predicted molar refractivity (Wildman–Crippen MR) is 65.0 cm³/mol. The summed E-state index contributed by atoms with van der Waals surface area (Å²) >= 11 is 0. The molecule has 1 unspecified atom stereocenters. The number of hydrogen-bond acceptors (Lipinski definition) is 3. The van der Waals surface area contributed by atoms with Crippen LogP contribution in [0.5, 0.6) is 0 Å². The molecule has 0 radical (unpaired) electrons. The Morgan fingerprint density at radius 1 is 1.25 bits per heavy atom. The van der Waals surface area contributed by atoms with Crippen molar-refractivity contribution in [1.29, 1.82) is 0 Å². The molecule has 0 aromatic carbocycles. The lowest BCUT2D eigenvalue weighted by molar-refractivity contribution is -0.150. The number of esters is 1. The van der Waals surface area contributed by atoms with Crippen LogP contribution in [-0.2, 0) is 9.53 Å². The highest BCUT2D eigenvalue weighted by molar-refractivity contribution is 5.69. The average molecular weight is 230 g/mol. The van der Waals surface area contributed by atoms with Gasteiger partial charge in [-0.3, -0.25) is 4.79 Å². The van der Waals surface area contributed by atoms with Gasteiger partial charge in [-0.2, -0.15) is 0 Å². The minimum atomic E-state index is -0.459. The van der Waals surface area contributed by atoms with Crippen LogP contribution in [0.15, 0.2) is 0 Å². The first-order valence-corrected chi connectivity index (χ1v) is 6.00. The van der Waals surface area contributed by atoms with Gasteiger partial charge in [-0.1, -0.05) is 41.5 Å². The second-order valence-electron chi connectivity index (χ2n) is 5.94. The standard InChI is InChI=1S/C13H26O3/c1-9(2)7-11(14)16-8-13(5,6)12(15)10(3)4/h9-10,12,15H,7-8H2,1-6H3. The van der Waals surface area contributed by atoms with Crippen LogP contribution in [0.3, 0.4) is 0 Å². The molecule has 0 aromatic rings. The van der Waals surface area contributed by atoms with Crippen molar-refractivity contribution in [2.75, 3.05) is 6.61 Å². The van der Waals surface area contributed by atoms with Crippen molar-refractivity contribution in [2.24, 2.45) is 17.3 Å². The summed E-state index contributed by atoms with van der Waals surface area (Å²) in [5, 5.41) is 9.96. The fraction of sp³-hybridized carbons (Fsp3) is 0.923. The average Bonchev–Trinajstić information content (AvgIpc) is 2.12. The second kappa shape index (κ2) is 6.24. The summed E-state index contributed by atoms with van der Waals surface area (Å²) in [5.74, 6) is 0.295. The molecule has 1 N–H and O–H groups in total. The van der Waals surface area contributed by atoms with Crippen LogP contribution in [0.2, 0.25) is 0 Å². The molecule has 0 aliphatic carbocycles. The van der Waals surface area contributed by atoms with Crippen molar-refractivity contribution in [3.63, 3.8) is 0 Å². The Hall–Kier alpha value is -0.570. The van der Waals surface area contributed by atoms with Crippen LogP contribution in [0, 0.1) is 17.3 Å². The molecule has 16 heavy (non-hydrogen) atoms. The molecule has 3 heteroatoms. The maximum atomic E-state index is 11.4. The molecule has 0 saturated heterocycles. The number of carbonyl (C=O) groups is 1. The van der Waals surface area contributed by atoms with Gasteiger partial charge in [0.15, 0.2) is 0 Å². The summed E-state index contributed by atoms with van der Waals surface area (Å²) in [4.78, 5) is 11.4. The lowest BCUT2D eigenvalue weighted by Crippen LogP contribution is -2.38. The van der Waals surface area contributed by atoms with E-state index in [9.17, 15) is 9.90 Å². The number of carbonyl (C=O) groups excluding carboxylic acids is 1. The second-order valence-corrected chi connectivity index (χ2v) is 5.94. The van der Waals surface area contributed by atoms with Gasteiger partial charge in [0.1, 0.15) is 0 Å². The third kappa shape index (κ3) is 5.50. The Kier molecular flexibility index (Phi) is 6.01. The molecule has 0 heterocycles. The zero-order valence-corrected chi connectivity index (χ0v) is 11.4. The molecule has 0 fully saturated rings. The van der Waals surface area contributed by atoms with Crippen molar-refractivity contribution in [2.45, 2.75) is 54.1 Å². The lowest BCUT2D eigenvalue weighted by Gasteiger charge is -2.32. The van der Waals surface area contributed by atoms with Gasteiger partial charge < -0.3 is 9.84 Å². The van der Waals surface area contributed by atoms with Gasteiger partial charge in [0.2, 0.25) is 0 Å². The number of aliphatic hydroxyl groups is 1. The molecule has 0 aliphatic heterocycles. The van der Waals surface area contributed by atoms with Crippen LogP contribution >= 0.6 is 0 Å². The highest BCUT2D eigenvalue weighted by Gasteiger charge is 2.31. The summed E-state index contributed by atoms with van der Waals surface area (Å²) in [6, 6.07) is 0. The topological polar surface area (TPSA) is 46.5 Å². The van der Waals surface area contributed by atoms with Gasteiger partial charge in [-0.05, 0) is 11.8 Å². The van der Waals surface area contributed by atoms with Crippen LogP contribution in [0.25, 0.3) is 0 Å². The molecular formula is C13H26O3. The molecule has 3 nitrogen and oxygen atoms in total. The molecule has 0 bridgehead atoms. The van der Waals surface area contributed by atoms with Crippen molar-refractivity contribution in [1.82, 2.24) is 0 Å². The first kappa shape index (κ1) is 15.4. The summed E-state index contributed by atoms with van der Waals surface area (Å²) in [7, 11) is 0. The Balaban J connectivity index is 4.13. The SMILES string of the molecule is CC(C)CC(=O)OCC(C)(C)C(O)C(C)C. The van der Waals surface area contributed by atoms with Gasteiger partial charge in [-0.25, -0.2) is 0 Å². The summed E-state index contributed by atoms with van der Waals surface area (Å²) in [5.41, 5.74) is -0.388. The molecule has 1 atom stereocenters. The van der Waals surface area contributed by atoms with Gasteiger partial charge in [0.25, 0.3) is 0 Å². The Morgan fingerprint density at radius 2 is 1.75 bits per heavy atom. The van der Waals surface area contributed by atoms with E-state index in [1.165, 1.54) is 0 Å². The number of ether oxygens (including phenoxy) is 1. The zero-order chi connectivity index (χ0) is 12.9. The minimum Gasteiger partial charge on any atom is -0.465 e. The van der Waals surface area contributed by atoms with Crippen LogP contribution < -0.4 is 0 Å². The summed E-state index contributed by atoms with van der Waals surface area (Å²) in [6.07, 6.45) is -0.0206. The van der Waals surface area contributed by atoms with Gasteiger partial charge in [0, 0.05) is 11.8 Å². The Bertz CT molecular complexity index is 219. The smallest absolute Gasteiger partial charge is 0.306 e. The monoisotopic (exact) mass is 230 g/mol. The zero-order valence-electron chi connectivity index (χ0n) is 11.4. The molecule has 0 amide bonds. The van der Waals surface area contributed by atoms with Gasteiger partial charge >= 0.3 is 5.97 Å². The molecule has 0 rings (SSSR count). The normalized spacial score (nSPS) is 14.3. The molecule has 0 saturated carbocycles. The number of aliphatic hydroxyl groups excluding tert-OH is 1. The first-order chi connectivity index (χ1) is 7.16. The largest absolute Gasteiger partial charge is 0.465 e. The van der Waals surface area contributed by atoms with E-state index in [-0.39, 0.29) is 23.9 Å². The summed E-state index contributed by atoms with van der Waals surface area (Å²) < 4.78 is 5.19. The predicted octanol–water partition coefficient (Wildman–Crippen LogP) is 2.62. The highest BCUT2D eigenvalue weighted by atomic mass is 16.5. The van der Waals surface area contributed by atoms with Gasteiger partial charge in [0.05, 0.1) is 12.7 Å². The van der Waals surface area contributed by atoms with Crippen LogP contribution in [0.4, 0.5) is 0 Å². The van der Waals surface area contributed by atoms with E-state index >= 15 is 0 Å². The van der Waals surface area contributed by atoms with Crippen molar-refractivity contribution < 1.29 is 14.6 Å². The molecule has 0 aliphatic rings. The minimum absolute atomic E-state index is 0.166. The van der Waals surface area contributed by atoms with E-state index in [4.69, 9.17) is 4.74 Å². The van der Waals surface area contributed by atoms with E-state index < -0.39 is 6.10 Å². The van der Waals surface area contributed by atoms with E-state index in [2.05, 4.69) is 0 Å². The number of hydrogen-bond donors (Lipinski definition) is 1. The fourth-order valence-electron chi connectivity index (χ4n) is 1.65. The lowest BCUT2D eigenvalue weighted by atomic mass is 9.81. The van der Waals surface area contributed by atoms with Crippen molar-refractivity contribution in [3.8, 4) is 0 Å². The molecule has 0 spiro atoms. The van der Waals surface area contributed by atoms with Crippen LogP contribution in [0.1, 0.15) is 48.0 Å². The van der Waals surface area contributed by atoms with E-state index in [1.807, 2.05) is 41.5 Å². The molecule has 96 valence electrons. The Morgan fingerprint density at radius 3 is 2.12 bits per heavy atom. The van der Waals surface area contributed by atoms with Crippen molar-refractivity contribution >= 4 is 5.97 Å². The van der Waals surface area contributed by atoms with E-state index in [1.54, 1.807) is 0 Å². The van der Waals surface area contributed by atoms with Crippen molar-refractivity contribution in [3.05, 3.63) is 0 Å². The third-order valence-corrected chi connectivity index (χ3v) is 2.61. The maximum absolute atomic E-state index is 11.4. The van der Waals surface area contributed by atoms with E-state index in [0.717, 1.165) is 0 Å². The summed E-state index contributed by atoms with van der Waals surface area (Å²) in [6.45, 7) is 12.0.